The van der Waals surface area contributed by atoms with Gasteiger partial charge >= 0.3 is 0 Å². The van der Waals surface area contributed by atoms with Crippen LogP contribution in [-0.4, -0.2) is 11.6 Å². The zero-order valence-corrected chi connectivity index (χ0v) is 30.9. The van der Waals surface area contributed by atoms with Crippen LogP contribution in [0.25, 0.3) is 43.5 Å². The maximum atomic E-state index is 14.0. The van der Waals surface area contributed by atoms with Crippen LogP contribution in [0.2, 0.25) is 0 Å². The number of benzene rings is 4. The Balaban J connectivity index is 1.97. The van der Waals surface area contributed by atoms with Crippen LogP contribution in [0.3, 0.4) is 0 Å². The van der Waals surface area contributed by atoms with Gasteiger partial charge in [0.25, 0.3) is 0 Å². The van der Waals surface area contributed by atoms with Crippen molar-refractivity contribution in [3.05, 3.63) is 118 Å². The molecule has 6 rings (SSSR count). The van der Waals surface area contributed by atoms with Gasteiger partial charge in [0.05, 0.1) is 0 Å². The summed E-state index contributed by atoms with van der Waals surface area (Å²) >= 11 is 0. The maximum absolute atomic E-state index is 14.0. The van der Waals surface area contributed by atoms with Crippen LogP contribution < -0.4 is 10.4 Å². The van der Waals surface area contributed by atoms with E-state index in [-0.39, 0.29) is 33.2 Å². The Bertz CT molecular complexity index is 2080. The normalized spacial score (nSPS) is 16.8. The topological polar surface area (TPSA) is 34.1 Å². The van der Waals surface area contributed by atoms with Crippen LogP contribution in [0.1, 0.15) is 83.1 Å². The summed E-state index contributed by atoms with van der Waals surface area (Å²) in [6.45, 7) is 25.6. The largest absolute Gasteiger partial charge is 0.289 e. The minimum absolute atomic E-state index is 0.136. The standard InChI is InChI=1S/C46H50O2/c1-43(2,3)35-23-29(24-36(41(35)47)44(4,5)6)39-31-19-15-16-20-32(31)40(34-22-28-18-14-13-17-27(28)21-33(34)39)30-25-37(45(7,8)9)42(48)38(26-30)46(10,11)12/h13-26H,1-12H3. The van der Waals surface area contributed by atoms with Gasteiger partial charge in [-0.25, -0.2) is 0 Å². The van der Waals surface area contributed by atoms with E-state index < -0.39 is 0 Å². The molecule has 246 valence electrons. The van der Waals surface area contributed by atoms with Crippen molar-refractivity contribution in [2.75, 3.05) is 0 Å². The van der Waals surface area contributed by atoms with Crippen LogP contribution in [0.4, 0.5) is 0 Å². The number of ketones is 2. The highest BCUT2D eigenvalue weighted by Gasteiger charge is 2.36. The molecule has 0 fully saturated rings. The van der Waals surface area contributed by atoms with Crippen LogP contribution in [-0.2, 0) is 9.59 Å². The molecule has 0 heterocycles. The number of rotatable bonds is 0. The summed E-state index contributed by atoms with van der Waals surface area (Å²) in [5, 5.41) is 9.16. The molecule has 48 heavy (non-hydrogen) atoms. The molecule has 0 spiro atoms. The van der Waals surface area contributed by atoms with E-state index in [0.717, 1.165) is 65.4 Å². The third-order valence-electron chi connectivity index (χ3n) is 9.88. The smallest absolute Gasteiger partial charge is 0.186 e. The zero-order chi connectivity index (χ0) is 35.1. The van der Waals surface area contributed by atoms with Gasteiger partial charge in [-0.05, 0) is 112 Å². The number of allylic oxidation sites excluding steroid dienone is 8. The van der Waals surface area contributed by atoms with E-state index in [1.165, 1.54) is 10.8 Å². The van der Waals surface area contributed by atoms with E-state index in [0.29, 0.717) is 0 Å². The Morgan fingerprint density at radius 2 is 0.646 bits per heavy atom. The minimum atomic E-state index is -0.321. The van der Waals surface area contributed by atoms with Gasteiger partial charge in [0.2, 0.25) is 0 Å². The third kappa shape index (κ3) is 5.74. The van der Waals surface area contributed by atoms with Gasteiger partial charge in [-0.1, -0.05) is 132 Å². The van der Waals surface area contributed by atoms with Crippen molar-refractivity contribution in [1.29, 1.82) is 0 Å². The molecule has 0 saturated carbocycles. The van der Waals surface area contributed by atoms with E-state index in [4.69, 9.17) is 0 Å². The lowest BCUT2D eigenvalue weighted by Gasteiger charge is -2.32. The lowest BCUT2D eigenvalue weighted by Crippen LogP contribution is -2.30. The first-order valence-corrected chi connectivity index (χ1v) is 17.3. The second-order valence-electron chi connectivity index (χ2n) is 17.8. The summed E-state index contributed by atoms with van der Waals surface area (Å²) in [5.41, 5.74) is 4.18. The molecule has 0 unspecified atom stereocenters. The highest BCUT2D eigenvalue weighted by Crippen LogP contribution is 2.41. The monoisotopic (exact) mass is 634 g/mol. The van der Waals surface area contributed by atoms with E-state index in [1.54, 1.807) is 0 Å². The van der Waals surface area contributed by atoms with Gasteiger partial charge in [-0.2, -0.15) is 0 Å². The average molecular weight is 635 g/mol. The maximum Gasteiger partial charge on any atom is 0.186 e. The Hall–Kier alpha value is -4.30. The lowest BCUT2D eigenvalue weighted by molar-refractivity contribution is -0.114. The molecule has 2 heteroatoms. The number of Topliss-reactive ketones (excluding diaryl/α,β-unsaturated/α-hetero) is 2. The fourth-order valence-corrected chi connectivity index (χ4v) is 7.26. The molecule has 4 aromatic rings. The highest BCUT2D eigenvalue weighted by molar-refractivity contribution is 6.18. The molecular formula is C46H50O2. The molecule has 4 aromatic carbocycles. The minimum Gasteiger partial charge on any atom is -0.289 e. The molecule has 0 atom stereocenters. The van der Waals surface area contributed by atoms with E-state index in [9.17, 15) is 9.59 Å². The Kier molecular flexibility index (Phi) is 7.79. The fraction of sp³-hybridized carbons (Fsp3) is 0.348. The molecule has 0 saturated heterocycles. The summed E-state index contributed by atoms with van der Waals surface area (Å²) in [7, 11) is 0. The molecule has 0 aliphatic heterocycles. The highest BCUT2D eigenvalue weighted by atomic mass is 16.1. The van der Waals surface area contributed by atoms with Gasteiger partial charge < -0.3 is 0 Å². The second-order valence-corrected chi connectivity index (χ2v) is 17.8. The van der Waals surface area contributed by atoms with Crippen molar-refractivity contribution in [2.45, 2.75) is 83.1 Å². The molecule has 0 amide bonds. The number of carbonyl (C=O) groups excluding carboxylic acids is 2. The predicted octanol–water partition coefficient (Wildman–Crippen LogP) is 10.5. The summed E-state index contributed by atoms with van der Waals surface area (Å²) in [4.78, 5) is 28.0. The molecule has 0 aromatic heterocycles. The number of hydrogen-bond acceptors (Lipinski definition) is 2. The quantitative estimate of drug-likeness (QED) is 0.180. The van der Waals surface area contributed by atoms with Crippen LogP contribution in [0.5, 0.6) is 0 Å². The SMILES string of the molecule is CC(C)(C)C1=CC(=c2c3ccccc3c(=C3C=C(C(C)(C)C)C(=O)C(C(C)(C)C)=C3)c3cc4ccccc4cc23)C=C(C(C)(C)C)C1=O. The number of carbonyl (C=O) groups is 2. The van der Waals surface area contributed by atoms with Crippen molar-refractivity contribution in [1.82, 2.24) is 0 Å². The van der Waals surface area contributed by atoms with E-state index in [1.807, 2.05) is 0 Å². The summed E-state index contributed by atoms with van der Waals surface area (Å²) in [6, 6.07) is 21.9. The van der Waals surface area contributed by atoms with Crippen molar-refractivity contribution >= 4 is 55.0 Å². The van der Waals surface area contributed by atoms with Gasteiger partial charge in [0, 0.05) is 22.3 Å². The molecular weight excluding hydrogens is 585 g/mol. The summed E-state index contributed by atoms with van der Waals surface area (Å²) in [5.74, 6) is 0.271. The zero-order valence-electron chi connectivity index (χ0n) is 30.9. The van der Waals surface area contributed by atoms with E-state index >= 15 is 0 Å². The Labute approximate surface area is 286 Å². The number of hydrogen-bond donors (Lipinski definition) is 0. The van der Waals surface area contributed by atoms with Gasteiger partial charge in [-0.3, -0.25) is 9.59 Å². The van der Waals surface area contributed by atoms with Gasteiger partial charge in [0.15, 0.2) is 11.6 Å². The first-order valence-electron chi connectivity index (χ1n) is 17.3. The van der Waals surface area contributed by atoms with Crippen LogP contribution >= 0.6 is 0 Å². The number of fused-ring (bicyclic) bond motifs is 3. The summed E-state index contributed by atoms with van der Waals surface area (Å²) < 4.78 is 0. The lowest BCUT2D eigenvalue weighted by atomic mass is 9.71. The first-order chi connectivity index (χ1) is 22.2. The average Bonchev–Trinajstić information content (AvgIpc) is 2.97. The Morgan fingerprint density at radius 3 is 0.917 bits per heavy atom. The third-order valence-corrected chi connectivity index (χ3v) is 9.88. The molecule has 2 nitrogen and oxygen atoms in total. The van der Waals surface area contributed by atoms with Gasteiger partial charge in [-0.15, -0.1) is 0 Å². The summed E-state index contributed by atoms with van der Waals surface area (Å²) in [6.07, 6.45) is 8.59. The molecule has 0 N–H and O–H groups in total. The van der Waals surface area contributed by atoms with Crippen LogP contribution in [0, 0.1) is 21.7 Å². The van der Waals surface area contributed by atoms with Gasteiger partial charge in [0.1, 0.15) is 0 Å². The molecule has 0 radical (unpaired) electrons. The second kappa shape index (κ2) is 11.1. The molecule has 2 aliphatic carbocycles. The van der Waals surface area contributed by atoms with Crippen molar-refractivity contribution < 1.29 is 9.59 Å². The Morgan fingerprint density at radius 1 is 0.375 bits per heavy atom. The fourth-order valence-electron chi connectivity index (χ4n) is 7.26. The van der Waals surface area contributed by atoms with Crippen LogP contribution in [0.15, 0.2) is 107 Å². The molecule has 0 bridgehead atoms. The van der Waals surface area contributed by atoms with Crippen molar-refractivity contribution in [3.8, 4) is 0 Å². The predicted molar refractivity (Wildman–Crippen MR) is 205 cm³/mol. The van der Waals surface area contributed by atoms with E-state index in [2.05, 4.69) is 168 Å². The van der Waals surface area contributed by atoms with Crippen molar-refractivity contribution in [2.24, 2.45) is 21.7 Å². The molecule has 2 aliphatic rings. The first kappa shape index (κ1) is 33.6. The van der Waals surface area contributed by atoms with Crippen molar-refractivity contribution in [3.63, 3.8) is 0 Å².